The van der Waals surface area contributed by atoms with Crippen LogP contribution in [0.25, 0.3) is 0 Å². The van der Waals surface area contributed by atoms with E-state index in [0.29, 0.717) is 6.04 Å². The fraction of sp³-hybridized carbons (Fsp3) is 0.429. The van der Waals surface area contributed by atoms with Gasteiger partial charge >= 0.3 is 0 Å². The van der Waals surface area contributed by atoms with Crippen molar-refractivity contribution in [3.8, 4) is 0 Å². The topological polar surface area (TPSA) is 37.8 Å². The molecular weight excluding hydrogens is 242 g/mol. The molecule has 1 heterocycles. The summed E-state index contributed by atoms with van der Waals surface area (Å²) in [7, 11) is 0. The van der Waals surface area contributed by atoms with Gasteiger partial charge in [-0.2, -0.15) is 0 Å². The molecule has 0 aliphatic carbocycles. The second-order valence-corrected chi connectivity index (χ2v) is 6.00. The van der Waals surface area contributed by atoms with E-state index in [2.05, 4.69) is 54.5 Å². The van der Waals surface area contributed by atoms with Crippen molar-refractivity contribution in [2.24, 2.45) is 0 Å². The molecule has 0 radical (unpaired) electrons. The Kier molecular flexibility index (Phi) is 4.09. The summed E-state index contributed by atoms with van der Waals surface area (Å²) < 4.78 is 0. The van der Waals surface area contributed by atoms with Crippen LogP contribution < -0.4 is 5.32 Å². The van der Waals surface area contributed by atoms with Crippen LogP contribution >= 0.6 is 11.3 Å². The zero-order chi connectivity index (χ0) is 13.1. The van der Waals surface area contributed by atoms with Gasteiger partial charge in [-0.25, -0.2) is 0 Å². The van der Waals surface area contributed by atoms with Crippen molar-refractivity contribution in [1.29, 1.82) is 0 Å². The van der Waals surface area contributed by atoms with Gasteiger partial charge in [-0.05, 0) is 33.3 Å². The first-order valence-corrected chi connectivity index (χ1v) is 6.97. The van der Waals surface area contributed by atoms with Gasteiger partial charge in [0.25, 0.3) is 0 Å². The number of benzene rings is 1. The Morgan fingerprint density at radius 3 is 2.33 bits per heavy atom. The second kappa shape index (κ2) is 5.59. The molecular formula is C14H19N3S. The molecule has 0 fully saturated rings. The van der Waals surface area contributed by atoms with Gasteiger partial charge in [0.2, 0.25) is 0 Å². The van der Waals surface area contributed by atoms with Gasteiger partial charge in [-0.3, -0.25) is 0 Å². The minimum atomic E-state index is 0.327. The summed E-state index contributed by atoms with van der Waals surface area (Å²) in [5.41, 5.74) is 3.95. The number of hydrogen-bond donors (Lipinski definition) is 1. The molecule has 0 amide bonds. The third-order valence-electron chi connectivity index (χ3n) is 2.87. The summed E-state index contributed by atoms with van der Waals surface area (Å²) in [5, 5.41) is 13.7. The lowest BCUT2D eigenvalue weighted by atomic mass is 10.0. The number of aromatic nitrogens is 2. The highest BCUT2D eigenvalue weighted by Gasteiger charge is 2.07. The van der Waals surface area contributed by atoms with Crippen LogP contribution in [0.2, 0.25) is 0 Å². The van der Waals surface area contributed by atoms with Crippen LogP contribution in [0.15, 0.2) is 18.2 Å². The van der Waals surface area contributed by atoms with Crippen LogP contribution in [0.5, 0.6) is 0 Å². The first-order chi connectivity index (χ1) is 8.54. The average Bonchev–Trinajstić information content (AvgIpc) is 2.70. The lowest BCUT2D eigenvalue weighted by Gasteiger charge is -2.14. The summed E-state index contributed by atoms with van der Waals surface area (Å²) in [4.78, 5) is 0. The maximum Gasteiger partial charge on any atom is 0.131 e. The largest absolute Gasteiger partial charge is 0.304 e. The third-order valence-corrected chi connectivity index (χ3v) is 3.71. The fourth-order valence-corrected chi connectivity index (χ4v) is 2.69. The number of aryl methyl sites for hydroxylation is 3. The van der Waals surface area contributed by atoms with Gasteiger partial charge < -0.3 is 5.32 Å². The highest BCUT2D eigenvalue weighted by atomic mass is 32.1. The molecule has 4 heteroatoms. The summed E-state index contributed by atoms with van der Waals surface area (Å²) in [6.45, 7) is 9.21. The predicted octanol–water partition coefficient (Wildman–Crippen LogP) is 3.31. The Labute approximate surface area is 112 Å². The Morgan fingerprint density at radius 2 is 1.78 bits per heavy atom. The molecule has 0 saturated heterocycles. The van der Waals surface area contributed by atoms with E-state index in [1.54, 1.807) is 11.3 Å². The van der Waals surface area contributed by atoms with E-state index >= 15 is 0 Å². The highest BCUT2D eigenvalue weighted by molar-refractivity contribution is 7.11. The van der Waals surface area contributed by atoms with Crippen molar-refractivity contribution in [2.45, 2.75) is 40.3 Å². The first-order valence-electron chi connectivity index (χ1n) is 6.15. The summed E-state index contributed by atoms with van der Waals surface area (Å²) in [5.74, 6) is 0. The van der Waals surface area contributed by atoms with Crippen molar-refractivity contribution in [3.05, 3.63) is 44.9 Å². The molecule has 1 aromatic carbocycles. The maximum absolute atomic E-state index is 4.12. The minimum absolute atomic E-state index is 0.327. The van der Waals surface area contributed by atoms with Crippen molar-refractivity contribution in [3.63, 3.8) is 0 Å². The molecule has 0 saturated carbocycles. The Balaban J connectivity index is 2.01. The predicted molar refractivity (Wildman–Crippen MR) is 75.8 cm³/mol. The van der Waals surface area contributed by atoms with E-state index in [4.69, 9.17) is 0 Å². The molecule has 1 unspecified atom stereocenters. The van der Waals surface area contributed by atoms with Gasteiger partial charge in [-0.1, -0.05) is 29.3 Å². The van der Waals surface area contributed by atoms with E-state index in [1.165, 1.54) is 16.7 Å². The molecule has 1 atom stereocenters. The third kappa shape index (κ3) is 3.37. The van der Waals surface area contributed by atoms with Gasteiger partial charge in [0.15, 0.2) is 0 Å². The monoisotopic (exact) mass is 261 g/mol. The maximum atomic E-state index is 4.12. The van der Waals surface area contributed by atoms with Gasteiger partial charge in [0, 0.05) is 6.04 Å². The van der Waals surface area contributed by atoms with Gasteiger partial charge in [0.1, 0.15) is 10.0 Å². The normalized spacial score (nSPS) is 12.7. The van der Waals surface area contributed by atoms with Crippen molar-refractivity contribution in [2.75, 3.05) is 0 Å². The zero-order valence-corrected chi connectivity index (χ0v) is 12.1. The van der Waals surface area contributed by atoms with Crippen molar-refractivity contribution >= 4 is 11.3 Å². The fourth-order valence-electron chi connectivity index (χ4n) is 2.03. The quantitative estimate of drug-likeness (QED) is 0.917. The summed E-state index contributed by atoms with van der Waals surface area (Å²) >= 11 is 1.65. The van der Waals surface area contributed by atoms with E-state index in [1.807, 2.05) is 6.92 Å². The SMILES string of the molecule is Cc1cc(C)cc(C(C)NCc2nnc(C)s2)c1. The van der Waals surface area contributed by atoms with Gasteiger partial charge in [0.05, 0.1) is 6.54 Å². The molecule has 2 aromatic rings. The molecule has 0 aliphatic rings. The number of nitrogens with zero attached hydrogens (tertiary/aromatic N) is 2. The van der Waals surface area contributed by atoms with Crippen LogP contribution in [0.4, 0.5) is 0 Å². The molecule has 2 rings (SSSR count). The average molecular weight is 261 g/mol. The lowest BCUT2D eigenvalue weighted by Crippen LogP contribution is -2.18. The minimum Gasteiger partial charge on any atom is -0.304 e. The molecule has 0 aliphatic heterocycles. The van der Waals surface area contributed by atoms with Crippen LogP contribution in [0, 0.1) is 20.8 Å². The highest BCUT2D eigenvalue weighted by Crippen LogP contribution is 2.17. The van der Waals surface area contributed by atoms with Crippen LogP contribution in [0.1, 0.15) is 39.7 Å². The first kappa shape index (κ1) is 13.2. The van der Waals surface area contributed by atoms with E-state index in [9.17, 15) is 0 Å². The molecule has 96 valence electrons. The van der Waals surface area contributed by atoms with Crippen molar-refractivity contribution in [1.82, 2.24) is 15.5 Å². The number of hydrogen-bond acceptors (Lipinski definition) is 4. The summed E-state index contributed by atoms with van der Waals surface area (Å²) in [6, 6.07) is 6.99. The van der Waals surface area contributed by atoms with Crippen LogP contribution in [0.3, 0.4) is 0 Å². The number of nitrogens with one attached hydrogen (secondary N) is 1. The summed E-state index contributed by atoms with van der Waals surface area (Å²) in [6.07, 6.45) is 0. The van der Waals surface area contributed by atoms with E-state index in [0.717, 1.165) is 16.6 Å². The van der Waals surface area contributed by atoms with E-state index < -0.39 is 0 Å². The molecule has 3 nitrogen and oxygen atoms in total. The Bertz CT molecular complexity index is 513. The van der Waals surface area contributed by atoms with Crippen LogP contribution in [-0.2, 0) is 6.54 Å². The van der Waals surface area contributed by atoms with Crippen LogP contribution in [-0.4, -0.2) is 10.2 Å². The van der Waals surface area contributed by atoms with Crippen molar-refractivity contribution < 1.29 is 0 Å². The van der Waals surface area contributed by atoms with Gasteiger partial charge in [-0.15, -0.1) is 21.5 Å². The molecule has 0 spiro atoms. The Hall–Kier alpha value is -1.26. The van der Waals surface area contributed by atoms with E-state index in [-0.39, 0.29) is 0 Å². The Morgan fingerprint density at radius 1 is 1.11 bits per heavy atom. The molecule has 0 bridgehead atoms. The zero-order valence-electron chi connectivity index (χ0n) is 11.3. The molecule has 18 heavy (non-hydrogen) atoms. The number of rotatable bonds is 4. The second-order valence-electron chi connectivity index (χ2n) is 4.74. The molecule has 1 aromatic heterocycles. The smallest absolute Gasteiger partial charge is 0.131 e. The standard InChI is InChI=1S/C14H19N3S/c1-9-5-10(2)7-13(6-9)11(3)15-8-14-17-16-12(4)18-14/h5-7,11,15H,8H2,1-4H3. The molecule has 1 N–H and O–H groups in total. The lowest BCUT2D eigenvalue weighted by molar-refractivity contribution is 0.570.